The third-order valence-corrected chi connectivity index (χ3v) is 7.24. The van der Waals surface area contributed by atoms with Crippen LogP contribution in [0.15, 0.2) is 29.1 Å². The van der Waals surface area contributed by atoms with Crippen molar-refractivity contribution in [3.05, 3.63) is 67.7 Å². The SMILES string of the molecule is CCCCNSC1(CO/C(N)=c2/c(=C\N)cc(C(=O)NCc3ccc(C#N)c(F)c3)c(=O)n2C)CC1. The summed E-state index contributed by atoms with van der Waals surface area (Å²) in [4.78, 5) is 25.7. The Morgan fingerprint density at radius 3 is 2.75 bits per heavy atom. The van der Waals surface area contributed by atoms with E-state index in [1.807, 2.05) is 0 Å². The minimum Gasteiger partial charge on any atom is -0.476 e. The normalized spacial score (nSPS) is 15.2. The molecule has 1 amide bonds. The molecule has 1 aliphatic rings. The van der Waals surface area contributed by atoms with Crippen molar-refractivity contribution in [1.82, 2.24) is 14.6 Å². The highest BCUT2D eigenvalue weighted by molar-refractivity contribution is 7.99. The summed E-state index contributed by atoms with van der Waals surface area (Å²) in [7, 11) is 1.49. The van der Waals surface area contributed by atoms with Gasteiger partial charge in [0, 0.05) is 31.6 Å². The number of halogens is 1. The van der Waals surface area contributed by atoms with E-state index in [2.05, 4.69) is 17.0 Å². The van der Waals surface area contributed by atoms with E-state index in [4.69, 9.17) is 21.5 Å². The lowest BCUT2D eigenvalue weighted by Gasteiger charge is -2.17. The van der Waals surface area contributed by atoms with Gasteiger partial charge in [0.15, 0.2) is 0 Å². The maximum absolute atomic E-state index is 13.8. The molecule has 192 valence electrons. The van der Waals surface area contributed by atoms with Gasteiger partial charge in [0.25, 0.3) is 11.5 Å². The molecule has 1 aliphatic carbocycles. The number of nitrogens with one attached hydrogen (secondary N) is 2. The lowest BCUT2D eigenvalue weighted by Crippen LogP contribution is -2.48. The molecule has 0 aliphatic heterocycles. The minimum absolute atomic E-state index is 0.0303. The zero-order chi connectivity index (χ0) is 26.3. The Morgan fingerprint density at radius 1 is 1.39 bits per heavy atom. The number of carbonyl (C=O) groups is 1. The Labute approximate surface area is 213 Å². The molecular weight excluding hydrogens is 483 g/mol. The predicted molar refractivity (Wildman–Crippen MR) is 138 cm³/mol. The lowest BCUT2D eigenvalue weighted by atomic mass is 10.1. The number of aromatic nitrogens is 1. The highest BCUT2D eigenvalue weighted by Gasteiger charge is 2.44. The van der Waals surface area contributed by atoms with Crippen LogP contribution >= 0.6 is 11.9 Å². The molecule has 6 N–H and O–H groups in total. The van der Waals surface area contributed by atoms with Crippen LogP contribution in [-0.2, 0) is 18.3 Å². The molecule has 0 saturated heterocycles. The van der Waals surface area contributed by atoms with Gasteiger partial charge < -0.3 is 26.1 Å². The van der Waals surface area contributed by atoms with E-state index in [1.54, 1.807) is 18.0 Å². The van der Waals surface area contributed by atoms with Crippen LogP contribution in [0.3, 0.4) is 0 Å². The molecule has 1 aromatic heterocycles. The van der Waals surface area contributed by atoms with Gasteiger partial charge in [-0.1, -0.05) is 31.4 Å². The first-order valence-corrected chi connectivity index (χ1v) is 12.5. The Balaban J connectivity index is 1.77. The number of hydrogen-bond donors (Lipinski definition) is 4. The lowest BCUT2D eigenvalue weighted by molar-refractivity contribution is 0.0948. The Hall–Kier alpha value is -3.49. The van der Waals surface area contributed by atoms with Gasteiger partial charge in [0.05, 0.1) is 10.3 Å². The molecule has 1 heterocycles. The topological polar surface area (TPSA) is 148 Å². The largest absolute Gasteiger partial charge is 0.476 e. The van der Waals surface area contributed by atoms with E-state index in [9.17, 15) is 14.0 Å². The molecule has 1 fully saturated rings. The third kappa shape index (κ3) is 6.38. The van der Waals surface area contributed by atoms with Crippen molar-refractivity contribution in [2.75, 3.05) is 13.2 Å². The van der Waals surface area contributed by atoms with Crippen LogP contribution < -0.4 is 37.6 Å². The molecule has 3 rings (SSSR count). The van der Waals surface area contributed by atoms with E-state index in [0.717, 1.165) is 38.3 Å². The van der Waals surface area contributed by atoms with Crippen molar-refractivity contribution in [2.45, 2.75) is 43.9 Å². The molecule has 1 saturated carbocycles. The van der Waals surface area contributed by atoms with Gasteiger partial charge in [-0.15, -0.1) is 0 Å². The predicted octanol–water partition coefficient (Wildman–Crippen LogP) is 0.634. The van der Waals surface area contributed by atoms with Crippen LogP contribution in [0.2, 0.25) is 0 Å². The Morgan fingerprint density at radius 2 is 2.14 bits per heavy atom. The molecule has 0 radical (unpaired) electrons. The van der Waals surface area contributed by atoms with Crippen LogP contribution in [0.1, 0.15) is 54.1 Å². The van der Waals surface area contributed by atoms with Crippen LogP contribution in [0, 0.1) is 17.1 Å². The number of nitrogens with two attached hydrogens (primary N) is 2. The average molecular weight is 515 g/mol. The smallest absolute Gasteiger partial charge is 0.263 e. The van der Waals surface area contributed by atoms with E-state index in [0.29, 0.717) is 17.4 Å². The summed E-state index contributed by atoms with van der Waals surface area (Å²) in [6, 6.07) is 7.12. The first-order chi connectivity index (χ1) is 17.2. The van der Waals surface area contributed by atoms with Crippen LogP contribution in [-0.4, -0.2) is 28.4 Å². The van der Waals surface area contributed by atoms with Crippen molar-refractivity contribution in [3.63, 3.8) is 0 Å². The second-order valence-electron chi connectivity index (χ2n) is 8.69. The van der Waals surface area contributed by atoms with Crippen molar-refractivity contribution in [3.8, 4) is 6.07 Å². The number of nitrogens with zero attached hydrogens (tertiary/aromatic N) is 2. The van der Waals surface area contributed by atoms with E-state index in [-0.39, 0.29) is 33.7 Å². The third-order valence-electron chi connectivity index (χ3n) is 5.93. The Bertz CT molecular complexity index is 1350. The highest BCUT2D eigenvalue weighted by atomic mass is 32.2. The molecule has 1 aromatic carbocycles. The van der Waals surface area contributed by atoms with Crippen LogP contribution in [0.25, 0.3) is 12.1 Å². The molecular formula is C25H31FN6O3S. The second kappa shape index (κ2) is 12.0. The molecule has 9 nitrogen and oxygen atoms in total. The summed E-state index contributed by atoms with van der Waals surface area (Å²) in [6.45, 7) is 3.41. The van der Waals surface area contributed by atoms with Crippen LogP contribution in [0.4, 0.5) is 4.39 Å². The number of nitriles is 1. The first kappa shape index (κ1) is 27.1. The summed E-state index contributed by atoms with van der Waals surface area (Å²) in [5.41, 5.74) is 11.6. The maximum Gasteiger partial charge on any atom is 0.263 e. The summed E-state index contributed by atoms with van der Waals surface area (Å²) in [5.74, 6) is -1.29. The van der Waals surface area contributed by atoms with E-state index < -0.39 is 17.3 Å². The number of benzene rings is 1. The fourth-order valence-electron chi connectivity index (χ4n) is 3.54. The van der Waals surface area contributed by atoms with Crippen molar-refractivity contribution >= 4 is 29.9 Å². The fourth-order valence-corrected chi connectivity index (χ4v) is 4.52. The summed E-state index contributed by atoms with van der Waals surface area (Å²) in [6.07, 6.45) is 5.47. The molecule has 0 spiro atoms. The summed E-state index contributed by atoms with van der Waals surface area (Å²) >= 11 is 1.66. The zero-order valence-electron chi connectivity index (χ0n) is 20.4. The molecule has 0 atom stereocenters. The van der Waals surface area contributed by atoms with Gasteiger partial charge >= 0.3 is 0 Å². The standard InChI is InChI=1S/C25H31FN6O3S/c1-3-4-9-31-36-25(7-8-25)15-35-22(29)21-18(13-28)11-19(24(34)32(21)2)23(33)30-14-16-5-6-17(12-27)20(26)10-16/h5-6,10-11,13,31H,3-4,7-9,14-15,28-29H2,1-2H3,(H,30,33)/b18-13-,22-21-. The first-order valence-electron chi connectivity index (χ1n) is 11.7. The molecule has 2 aromatic rings. The highest BCUT2D eigenvalue weighted by Crippen LogP contribution is 2.47. The van der Waals surface area contributed by atoms with Gasteiger partial charge in [-0.3, -0.25) is 14.3 Å². The van der Waals surface area contributed by atoms with Gasteiger partial charge in [0.1, 0.15) is 29.4 Å². The zero-order valence-corrected chi connectivity index (χ0v) is 21.2. The number of hydrogen-bond acceptors (Lipinski definition) is 8. The number of amides is 1. The number of rotatable bonds is 11. The van der Waals surface area contributed by atoms with E-state index in [1.165, 1.54) is 36.0 Å². The van der Waals surface area contributed by atoms with Gasteiger partial charge in [0.2, 0.25) is 5.88 Å². The maximum atomic E-state index is 13.8. The van der Waals surface area contributed by atoms with Gasteiger partial charge in [-0.05, 0) is 43.0 Å². The molecule has 0 bridgehead atoms. The van der Waals surface area contributed by atoms with Crippen molar-refractivity contribution in [1.29, 1.82) is 5.26 Å². The average Bonchev–Trinajstić information content (AvgIpc) is 3.65. The fraction of sp³-hybridized carbons (Fsp3) is 0.400. The molecule has 0 unspecified atom stereocenters. The van der Waals surface area contributed by atoms with Gasteiger partial charge in [-0.2, -0.15) is 5.26 Å². The van der Waals surface area contributed by atoms with Gasteiger partial charge in [-0.25, -0.2) is 4.39 Å². The Kier molecular flexibility index (Phi) is 9.01. The van der Waals surface area contributed by atoms with E-state index >= 15 is 0 Å². The summed E-state index contributed by atoms with van der Waals surface area (Å²) in [5, 5.41) is 12.1. The number of unbranched alkanes of at least 4 members (excludes halogenated alkanes) is 1. The second-order valence-corrected chi connectivity index (χ2v) is 10.0. The summed E-state index contributed by atoms with van der Waals surface area (Å²) < 4.78 is 24.3. The van der Waals surface area contributed by atoms with Crippen LogP contribution in [0.5, 0.6) is 0 Å². The molecule has 36 heavy (non-hydrogen) atoms. The van der Waals surface area contributed by atoms with Crippen molar-refractivity contribution < 1.29 is 13.9 Å². The quantitative estimate of drug-likeness (QED) is 0.252. The number of carbonyl (C=O) groups excluding carboxylic acids is 1. The number of pyridine rings is 1. The number of ether oxygens (including phenoxy) is 1. The monoisotopic (exact) mass is 514 g/mol. The minimum atomic E-state index is -0.682. The van der Waals surface area contributed by atoms with Crippen molar-refractivity contribution in [2.24, 2.45) is 18.5 Å². The molecule has 11 heteroatoms.